The molecule has 3 aromatic carbocycles. The first-order valence-corrected chi connectivity index (χ1v) is 13.1. The van der Waals surface area contributed by atoms with E-state index in [1.54, 1.807) is 36.4 Å². The Balaban J connectivity index is 1.56. The van der Waals surface area contributed by atoms with E-state index in [0.29, 0.717) is 33.7 Å². The molecule has 1 atom stereocenters. The molecule has 0 saturated heterocycles. The van der Waals surface area contributed by atoms with Gasteiger partial charge in [0.1, 0.15) is 18.1 Å². The van der Waals surface area contributed by atoms with Gasteiger partial charge in [0.25, 0.3) is 0 Å². The highest BCUT2D eigenvalue weighted by molar-refractivity contribution is 5.91. The second kappa shape index (κ2) is 11.3. The molecule has 2 amide bonds. The molecule has 212 valence electrons. The summed E-state index contributed by atoms with van der Waals surface area (Å²) in [5, 5.41) is 11.4. The van der Waals surface area contributed by atoms with Gasteiger partial charge in [-0.2, -0.15) is 0 Å². The first-order chi connectivity index (χ1) is 19.6. The van der Waals surface area contributed by atoms with Gasteiger partial charge < -0.3 is 24.4 Å². The maximum Gasteiger partial charge on any atom is 0.337 e. The molecule has 1 aliphatic rings. The Morgan fingerprint density at radius 2 is 1.76 bits per heavy atom. The average molecular weight is 558 g/mol. The molecule has 0 radical (unpaired) electrons. The normalized spacial score (nSPS) is 13.1. The van der Waals surface area contributed by atoms with Gasteiger partial charge in [-0.15, -0.1) is 5.10 Å². The Morgan fingerprint density at radius 1 is 1.02 bits per heavy atom. The maximum absolute atomic E-state index is 14.1. The summed E-state index contributed by atoms with van der Waals surface area (Å²) in [5.74, 6) is -0.0553. The summed E-state index contributed by atoms with van der Waals surface area (Å²) >= 11 is 0. The van der Waals surface area contributed by atoms with Crippen LogP contribution >= 0.6 is 0 Å². The third kappa shape index (κ3) is 6.13. The molecule has 2 heterocycles. The zero-order valence-electron chi connectivity index (χ0n) is 23.3. The number of carbonyl (C=O) groups excluding carboxylic acids is 3. The van der Waals surface area contributed by atoms with Gasteiger partial charge in [0, 0.05) is 12.1 Å². The first-order valence-electron chi connectivity index (χ1n) is 13.1. The maximum atomic E-state index is 14.1. The minimum absolute atomic E-state index is 0.0864. The van der Waals surface area contributed by atoms with Crippen LogP contribution in [0.25, 0.3) is 11.0 Å². The minimum atomic E-state index is -1.03. The topological polar surface area (TPSA) is 125 Å². The predicted molar refractivity (Wildman–Crippen MR) is 149 cm³/mol. The van der Waals surface area contributed by atoms with Gasteiger partial charge in [0.2, 0.25) is 18.6 Å². The number of carbonyl (C=O) groups is 3. The van der Waals surface area contributed by atoms with Crippen molar-refractivity contribution in [2.45, 2.75) is 45.4 Å². The number of hydrogen-bond donors (Lipinski definition) is 1. The van der Waals surface area contributed by atoms with E-state index in [9.17, 15) is 14.4 Å². The van der Waals surface area contributed by atoms with E-state index in [4.69, 9.17) is 14.2 Å². The Hall–Kier alpha value is -4.93. The molecule has 0 saturated carbocycles. The molecule has 0 aliphatic carbocycles. The van der Waals surface area contributed by atoms with Crippen LogP contribution in [0.5, 0.6) is 11.5 Å². The molecule has 41 heavy (non-hydrogen) atoms. The van der Waals surface area contributed by atoms with E-state index in [1.165, 1.54) is 16.7 Å². The molecule has 0 fully saturated rings. The number of para-hydroxylation sites is 1. The fourth-order valence-corrected chi connectivity index (χ4v) is 4.64. The third-order valence-corrected chi connectivity index (χ3v) is 6.52. The van der Waals surface area contributed by atoms with Crippen LogP contribution in [-0.4, -0.2) is 57.1 Å². The number of esters is 1. The molecule has 0 bridgehead atoms. The smallest absolute Gasteiger partial charge is 0.337 e. The predicted octanol–water partition coefficient (Wildman–Crippen LogP) is 3.63. The van der Waals surface area contributed by atoms with Gasteiger partial charge in [-0.1, -0.05) is 35.5 Å². The molecule has 11 nitrogen and oxygen atoms in total. The van der Waals surface area contributed by atoms with Crippen LogP contribution < -0.4 is 14.8 Å². The molecule has 0 spiro atoms. The average Bonchev–Trinajstić information content (AvgIpc) is 3.58. The van der Waals surface area contributed by atoms with Gasteiger partial charge >= 0.3 is 5.97 Å². The van der Waals surface area contributed by atoms with Crippen molar-refractivity contribution in [3.8, 4) is 11.5 Å². The van der Waals surface area contributed by atoms with E-state index in [-0.39, 0.29) is 31.7 Å². The zero-order valence-corrected chi connectivity index (χ0v) is 23.3. The number of fused-ring (bicyclic) bond motifs is 2. The van der Waals surface area contributed by atoms with Gasteiger partial charge in [-0.3, -0.25) is 9.59 Å². The number of amides is 2. The first kappa shape index (κ1) is 27.6. The van der Waals surface area contributed by atoms with Crippen molar-refractivity contribution in [3.63, 3.8) is 0 Å². The lowest BCUT2D eigenvalue weighted by molar-refractivity contribution is -0.142. The monoisotopic (exact) mass is 557 g/mol. The van der Waals surface area contributed by atoms with Crippen molar-refractivity contribution in [2.24, 2.45) is 0 Å². The number of aromatic nitrogens is 3. The number of nitrogens with one attached hydrogen (secondary N) is 1. The quantitative estimate of drug-likeness (QED) is 0.326. The van der Waals surface area contributed by atoms with Gasteiger partial charge in [-0.05, 0) is 68.3 Å². The van der Waals surface area contributed by atoms with Gasteiger partial charge in [-0.25, -0.2) is 9.48 Å². The molecule has 11 heteroatoms. The number of ether oxygens (including phenoxy) is 3. The molecular formula is C30H31N5O6. The molecular weight excluding hydrogens is 526 g/mol. The van der Waals surface area contributed by atoms with Crippen molar-refractivity contribution in [3.05, 3.63) is 83.4 Å². The summed E-state index contributed by atoms with van der Waals surface area (Å²) in [6, 6.07) is 18.2. The van der Waals surface area contributed by atoms with Crippen LogP contribution in [0.4, 0.5) is 0 Å². The Labute approximate surface area is 237 Å². The van der Waals surface area contributed by atoms with Crippen molar-refractivity contribution in [2.75, 3.05) is 13.9 Å². The van der Waals surface area contributed by atoms with Crippen LogP contribution in [0.15, 0.2) is 66.7 Å². The number of hydrogen-bond acceptors (Lipinski definition) is 8. The standard InChI is InChI=1S/C30H31N5O6/c1-30(2,3)31-28(37)27(20-10-12-21(13-11-20)29(38)39-4)34(16-19-9-14-24-25(15-19)41-18-40-24)26(36)17-35-23-8-6-5-7-22(23)32-33-35/h5-15,27H,16-18H2,1-4H3,(H,31,37)/t27-/m1/s1. The summed E-state index contributed by atoms with van der Waals surface area (Å²) in [5.41, 5.74) is 2.37. The summed E-state index contributed by atoms with van der Waals surface area (Å²) in [6.45, 7) is 5.66. The van der Waals surface area contributed by atoms with Crippen molar-refractivity contribution in [1.82, 2.24) is 25.2 Å². The SMILES string of the molecule is COC(=O)c1ccc([C@H](C(=O)NC(C)(C)C)N(Cc2ccc3c(c2)OCO3)C(=O)Cn2nnc3ccccc32)cc1. The number of rotatable bonds is 8. The molecule has 0 unspecified atom stereocenters. The van der Waals surface area contributed by atoms with Crippen LogP contribution in [0.1, 0.15) is 48.3 Å². The number of benzene rings is 3. The van der Waals surface area contributed by atoms with E-state index >= 15 is 0 Å². The van der Waals surface area contributed by atoms with E-state index in [0.717, 1.165) is 5.56 Å². The molecule has 4 aromatic rings. The lowest BCUT2D eigenvalue weighted by Crippen LogP contribution is -2.49. The summed E-state index contributed by atoms with van der Waals surface area (Å²) in [4.78, 5) is 41.6. The van der Waals surface area contributed by atoms with Crippen LogP contribution in [-0.2, 0) is 27.4 Å². The molecule has 5 rings (SSSR count). The largest absolute Gasteiger partial charge is 0.465 e. The van der Waals surface area contributed by atoms with Gasteiger partial charge in [0.15, 0.2) is 11.5 Å². The molecule has 1 aliphatic heterocycles. The van der Waals surface area contributed by atoms with E-state index in [2.05, 4.69) is 15.6 Å². The van der Waals surface area contributed by atoms with Crippen LogP contribution in [0.2, 0.25) is 0 Å². The van der Waals surface area contributed by atoms with Crippen molar-refractivity contribution >= 4 is 28.8 Å². The highest BCUT2D eigenvalue weighted by Gasteiger charge is 2.34. The summed E-state index contributed by atoms with van der Waals surface area (Å²) < 4.78 is 17.3. The second-order valence-corrected chi connectivity index (χ2v) is 10.7. The Bertz CT molecular complexity index is 1590. The van der Waals surface area contributed by atoms with Crippen LogP contribution in [0.3, 0.4) is 0 Å². The minimum Gasteiger partial charge on any atom is -0.465 e. The van der Waals surface area contributed by atoms with E-state index < -0.39 is 17.6 Å². The van der Waals surface area contributed by atoms with E-state index in [1.807, 2.05) is 51.1 Å². The summed E-state index contributed by atoms with van der Waals surface area (Å²) in [7, 11) is 1.30. The zero-order chi connectivity index (χ0) is 29.1. The Morgan fingerprint density at radius 3 is 2.49 bits per heavy atom. The fraction of sp³-hybridized carbons (Fsp3) is 0.300. The highest BCUT2D eigenvalue weighted by atomic mass is 16.7. The van der Waals surface area contributed by atoms with Crippen molar-refractivity contribution in [1.29, 1.82) is 0 Å². The van der Waals surface area contributed by atoms with Gasteiger partial charge in [0.05, 0.1) is 18.2 Å². The lowest BCUT2D eigenvalue weighted by Gasteiger charge is -2.34. The fourth-order valence-electron chi connectivity index (χ4n) is 4.64. The molecule has 1 aromatic heterocycles. The number of methoxy groups -OCH3 is 1. The van der Waals surface area contributed by atoms with Crippen LogP contribution in [0, 0.1) is 0 Å². The Kier molecular flexibility index (Phi) is 7.60. The second-order valence-electron chi connectivity index (χ2n) is 10.7. The van der Waals surface area contributed by atoms with Crippen molar-refractivity contribution < 1.29 is 28.6 Å². The number of nitrogens with zero attached hydrogens (tertiary/aromatic N) is 4. The summed E-state index contributed by atoms with van der Waals surface area (Å²) in [6.07, 6.45) is 0. The molecule has 1 N–H and O–H groups in total. The highest BCUT2D eigenvalue weighted by Crippen LogP contribution is 2.34. The lowest BCUT2D eigenvalue weighted by atomic mass is 9.99. The third-order valence-electron chi connectivity index (χ3n) is 6.52.